The fourth-order valence-corrected chi connectivity index (χ4v) is 2.21. The molecular formula is C14H19ClO3. The Bertz CT molecular complexity index is 416. The molecule has 0 heterocycles. The van der Waals surface area contributed by atoms with Crippen LogP contribution in [0.3, 0.4) is 0 Å². The van der Waals surface area contributed by atoms with E-state index in [4.69, 9.17) is 16.3 Å². The first-order valence-electron chi connectivity index (χ1n) is 5.99. The van der Waals surface area contributed by atoms with Crippen molar-refractivity contribution in [1.82, 2.24) is 0 Å². The number of hydrogen-bond acceptors (Lipinski definition) is 2. The van der Waals surface area contributed by atoms with Crippen molar-refractivity contribution in [1.29, 1.82) is 0 Å². The third-order valence-corrected chi connectivity index (χ3v) is 3.05. The lowest BCUT2D eigenvalue weighted by molar-refractivity contribution is -0.142. The lowest BCUT2D eigenvalue weighted by Gasteiger charge is -2.16. The number of hydrogen-bond donors (Lipinski definition) is 1. The van der Waals surface area contributed by atoms with Gasteiger partial charge in [-0.1, -0.05) is 25.4 Å². The van der Waals surface area contributed by atoms with Crippen molar-refractivity contribution in [3.63, 3.8) is 0 Å². The van der Waals surface area contributed by atoms with Crippen molar-refractivity contribution >= 4 is 17.6 Å². The van der Waals surface area contributed by atoms with E-state index in [2.05, 4.69) is 0 Å². The molecule has 4 heteroatoms. The number of aliphatic carboxylic acids is 1. The highest BCUT2D eigenvalue weighted by Gasteiger charge is 2.21. The van der Waals surface area contributed by atoms with Gasteiger partial charge in [-0.25, -0.2) is 0 Å². The van der Waals surface area contributed by atoms with E-state index in [9.17, 15) is 9.90 Å². The predicted octanol–water partition coefficient (Wildman–Crippen LogP) is 3.64. The van der Waals surface area contributed by atoms with Crippen LogP contribution in [-0.2, 0) is 11.2 Å². The highest BCUT2D eigenvalue weighted by Crippen LogP contribution is 2.27. The maximum absolute atomic E-state index is 11.3. The molecule has 0 radical (unpaired) electrons. The monoisotopic (exact) mass is 270 g/mol. The first kappa shape index (κ1) is 14.8. The van der Waals surface area contributed by atoms with Crippen LogP contribution < -0.4 is 4.74 Å². The Hall–Kier alpha value is -1.22. The van der Waals surface area contributed by atoms with E-state index in [1.807, 2.05) is 13.8 Å². The van der Waals surface area contributed by atoms with E-state index in [1.165, 1.54) is 0 Å². The summed E-state index contributed by atoms with van der Waals surface area (Å²) in [6.07, 6.45) is 1.09. The summed E-state index contributed by atoms with van der Waals surface area (Å²) in [5.41, 5.74) is 0.845. The molecule has 18 heavy (non-hydrogen) atoms. The van der Waals surface area contributed by atoms with Gasteiger partial charge in [0.05, 0.1) is 13.0 Å². The van der Waals surface area contributed by atoms with Crippen LogP contribution in [0.25, 0.3) is 0 Å². The topological polar surface area (TPSA) is 46.5 Å². The Balaban J connectivity index is 2.92. The molecule has 3 nitrogen and oxygen atoms in total. The maximum Gasteiger partial charge on any atom is 0.306 e. The van der Waals surface area contributed by atoms with Crippen LogP contribution in [0.15, 0.2) is 18.2 Å². The van der Waals surface area contributed by atoms with Crippen LogP contribution in [0, 0.1) is 11.8 Å². The fraction of sp³-hybridized carbons (Fsp3) is 0.500. The number of halogens is 1. The Morgan fingerprint density at radius 3 is 2.61 bits per heavy atom. The van der Waals surface area contributed by atoms with Gasteiger partial charge in [0.15, 0.2) is 0 Å². The van der Waals surface area contributed by atoms with E-state index >= 15 is 0 Å². The molecule has 1 aromatic carbocycles. The minimum atomic E-state index is -0.772. The number of ether oxygens (including phenoxy) is 1. The number of carboxylic acid groups (broad SMARTS) is 1. The Kier molecular flexibility index (Phi) is 5.48. The zero-order valence-electron chi connectivity index (χ0n) is 10.9. The largest absolute Gasteiger partial charge is 0.496 e. The highest BCUT2D eigenvalue weighted by molar-refractivity contribution is 6.30. The Morgan fingerprint density at radius 1 is 1.44 bits per heavy atom. The molecule has 0 bridgehead atoms. The summed E-state index contributed by atoms with van der Waals surface area (Å²) in [6.45, 7) is 4.04. The third kappa shape index (κ3) is 4.22. The van der Waals surface area contributed by atoms with Gasteiger partial charge in [0.25, 0.3) is 0 Å². The van der Waals surface area contributed by atoms with Gasteiger partial charge in [0.2, 0.25) is 0 Å². The van der Waals surface area contributed by atoms with Crippen LogP contribution >= 0.6 is 11.6 Å². The second-order valence-electron chi connectivity index (χ2n) is 4.83. The van der Waals surface area contributed by atoms with E-state index in [-0.39, 0.29) is 0 Å². The molecule has 1 aromatic rings. The molecule has 0 fully saturated rings. The average molecular weight is 271 g/mol. The smallest absolute Gasteiger partial charge is 0.306 e. The third-order valence-electron chi connectivity index (χ3n) is 2.81. The fourth-order valence-electron chi connectivity index (χ4n) is 2.01. The quantitative estimate of drug-likeness (QED) is 0.858. The van der Waals surface area contributed by atoms with Gasteiger partial charge >= 0.3 is 5.97 Å². The minimum Gasteiger partial charge on any atom is -0.496 e. The summed E-state index contributed by atoms with van der Waals surface area (Å²) >= 11 is 5.94. The molecule has 0 saturated heterocycles. The normalized spacial score (nSPS) is 12.5. The van der Waals surface area contributed by atoms with Crippen molar-refractivity contribution in [2.75, 3.05) is 7.11 Å². The first-order chi connectivity index (χ1) is 8.43. The second-order valence-corrected chi connectivity index (χ2v) is 5.26. The van der Waals surface area contributed by atoms with Crippen LogP contribution in [-0.4, -0.2) is 18.2 Å². The molecule has 1 atom stereocenters. The number of methoxy groups -OCH3 is 1. The van der Waals surface area contributed by atoms with Crippen molar-refractivity contribution in [2.24, 2.45) is 11.8 Å². The SMILES string of the molecule is COc1ccc(Cl)cc1CC(CC(C)C)C(=O)O. The van der Waals surface area contributed by atoms with Crippen LogP contribution in [0.2, 0.25) is 5.02 Å². The zero-order chi connectivity index (χ0) is 13.7. The lowest BCUT2D eigenvalue weighted by atomic mass is 9.91. The molecule has 0 aliphatic heterocycles. The van der Waals surface area contributed by atoms with Crippen molar-refractivity contribution in [2.45, 2.75) is 26.7 Å². The molecular weight excluding hydrogens is 252 g/mol. The number of carbonyl (C=O) groups is 1. The van der Waals surface area contributed by atoms with Gasteiger partial charge in [0.1, 0.15) is 5.75 Å². The lowest BCUT2D eigenvalue weighted by Crippen LogP contribution is -2.19. The number of benzene rings is 1. The molecule has 1 unspecified atom stereocenters. The van der Waals surface area contributed by atoms with Crippen molar-refractivity contribution < 1.29 is 14.6 Å². The Morgan fingerprint density at radius 2 is 2.11 bits per heavy atom. The first-order valence-corrected chi connectivity index (χ1v) is 6.37. The zero-order valence-corrected chi connectivity index (χ0v) is 11.7. The van der Waals surface area contributed by atoms with Gasteiger partial charge in [-0.15, -0.1) is 0 Å². The standard InChI is InChI=1S/C14H19ClO3/c1-9(2)6-11(14(16)17)7-10-8-12(15)4-5-13(10)18-3/h4-5,8-9,11H,6-7H2,1-3H3,(H,16,17). The molecule has 0 aliphatic carbocycles. The number of carboxylic acids is 1. The summed E-state index contributed by atoms with van der Waals surface area (Å²) in [5.74, 6) is -0.145. The average Bonchev–Trinajstić information content (AvgIpc) is 2.27. The summed E-state index contributed by atoms with van der Waals surface area (Å²) in [4.78, 5) is 11.3. The molecule has 100 valence electrons. The summed E-state index contributed by atoms with van der Waals surface area (Å²) in [5, 5.41) is 9.84. The minimum absolute atomic E-state index is 0.344. The van der Waals surface area contributed by atoms with Crippen LogP contribution in [0.4, 0.5) is 0 Å². The molecule has 1 N–H and O–H groups in total. The predicted molar refractivity (Wildman–Crippen MR) is 72.3 cm³/mol. The van der Waals surface area contributed by atoms with E-state index in [0.29, 0.717) is 29.5 Å². The Labute approximate surface area is 113 Å². The van der Waals surface area contributed by atoms with Gasteiger partial charge in [0, 0.05) is 5.02 Å². The van der Waals surface area contributed by atoms with Crippen LogP contribution in [0.5, 0.6) is 5.75 Å². The van der Waals surface area contributed by atoms with E-state index in [0.717, 1.165) is 5.56 Å². The number of rotatable bonds is 6. The summed E-state index contributed by atoms with van der Waals surface area (Å²) in [7, 11) is 1.57. The molecule has 0 aromatic heterocycles. The molecule has 0 amide bonds. The van der Waals surface area contributed by atoms with E-state index < -0.39 is 11.9 Å². The van der Waals surface area contributed by atoms with Crippen LogP contribution in [0.1, 0.15) is 25.8 Å². The molecule has 0 spiro atoms. The van der Waals surface area contributed by atoms with Gasteiger partial charge < -0.3 is 9.84 Å². The molecule has 0 saturated carbocycles. The molecule has 1 rings (SSSR count). The van der Waals surface area contributed by atoms with Crippen molar-refractivity contribution in [3.8, 4) is 5.75 Å². The van der Waals surface area contributed by atoms with Gasteiger partial charge in [-0.05, 0) is 42.5 Å². The van der Waals surface area contributed by atoms with E-state index in [1.54, 1.807) is 25.3 Å². The summed E-state index contributed by atoms with van der Waals surface area (Å²) < 4.78 is 5.23. The second kappa shape index (κ2) is 6.64. The van der Waals surface area contributed by atoms with Gasteiger partial charge in [-0.2, -0.15) is 0 Å². The highest BCUT2D eigenvalue weighted by atomic mass is 35.5. The van der Waals surface area contributed by atoms with Crippen molar-refractivity contribution in [3.05, 3.63) is 28.8 Å². The summed E-state index contributed by atoms with van der Waals surface area (Å²) in [6, 6.07) is 5.28. The van der Waals surface area contributed by atoms with Gasteiger partial charge in [-0.3, -0.25) is 4.79 Å². The maximum atomic E-state index is 11.3. The molecule has 0 aliphatic rings.